The quantitative estimate of drug-likeness (QED) is 0.188. The third-order valence-corrected chi connectivity index (χ3v) is 9.03. The summed E-state index contributed by atoms with van der Waals surface area (Å²) in [5, 5.41) is 5.24. The summed E-state index contributed by atoms with van der Waals surface area (Å²) < 4.78 is 0. The number of aromatic nitrogens is 4. The average molecular weight is 579 g/mol. The number of aromatic amines is 2. The lowest BCUT2D eigenvalue weighted by Gasteiger charge is -2.01. The van der Waals surface area contributed by atoms with Gasteiger partial charge in [0.05, 0.1) is 43.9 Å². The Morgan fingerprint density at radius 2 is 0.810 bits per heavy atom. The number of rotatable bonds is 0. The van der Waals surface area contributed by atoms with Gasteiger partial charge in [0, 0.05) is 54.8 Å². The molecule has 9 rings (SSSR count). The van der Waals surface area contributed by atoms with Gasteiger partial charge in [-0.3, -0.25) is 0 Å². The van der Waals surface area contributed by atoms with Crippen LogP contribution in [0.4, 0.5) is 0 Å². The number of benzene rings is 4. The number of halogens is 2. The Kier molecular flexibility index (Phi) is 4.98. The topological polar surface area (TPSA) is 57.4 Å². The lowest BCUT2D eigenvalue weighted by Crippen LogP contribution is -1.78. The molecule has 0 saturated heterocycles. The van der Waals surface area contributed by atoms with Gasteiger partial charge in [-0.05, 0) is 12.1 Å². The molecule has 2 aliphatic heterocycles. The van der Waals surface area contributed by atoms with Gasteiger partial charge < -0.3 is 9.97 Å². The first-order valence-corrected chi connectivity index (χ1v) is 14.5. The van der Waals surface area contributed by atoms with Gasteiger partial charge in [0.15, 0.2) is 0 Å². The lowest BCUT2D eigenvalue weighted by atomic mass is 10.0. The Morgan fingerprint density at radius 3 is 1.26 bits per heavy atom. The first kappa shape index (κ1) is 23.8. The van der Waals surface area contributed by atoms with Crippen LogP contribution in [0, 0.1) is 0 Å². The fourth-order valence-electron chi connectivity index (χ4n) is 6.36. The van der Waals surface area contributed by atoms with Crippen LogP contribution < -0.4 is 0 Å². The van der Waals surface area contributed by atoms with E-state index in [-0.39, 0.29) is 0 Å². The SMILES string of the molecule is Clc1c2nc(c(Cl)c3[nH]c(cc4nc(cc5[nH]c1c1ccccc51)-c1ccccc1-4)c1ccccc31)-c1ccccc1-2. The highest BCUT2D eigenvalue weighted by molar-refractivity contribution is 6.40. The van der Waals surface area contributed by atoms with Crippen molar-refractivity contribution in [2.45, 2.75) is 0 Å². The first-order chi connectivity index (χ1) is 20.7. The third-order valence-electron chi connectivity index (χ3n) is 8.29. The zero-order valence-electron chi connectivity index (χ0n) is 22.0. The van der Waals surface area contributed by atoms with Crippen LogP contribution in [0.2, 0.25) is 10.0 Å². The maximum Gasteiger partial charge on any atom is 0.0924 e. The minimum atomic E-state index is 0.538. The Hall–Kier alpha value is -4.90. The Labute approximate surface area is 250 Å². The highest BCUT2D eigenvalue weighted by Gasteiger charge is 2.24. The molecule has 0 saturated carbocycles. The molecule has 0 radical (unpaired) electrons. The Balaban J connectivity index is 1.56. The van der Waals surface area contributed by atoms with Gasteiger partial charge in [0.2, 0.25) is 0 Å². The molecule has 42 heavy (non-hydrogen) atoms. The number of H-pyrrole nitrogens is 2. The van der Waals surface area contributed by atoms with Crippen molar-refractivity contribution in [1.29, 1.82) is 0 Å². The standard InChI is InChI=1S/C36H20Cl2N4/c37-31-33-23-13-5-3-11-21(23)29(40-33)17-27-19-9-1-2-10-20(19)28(39-27)18-30-22-12-4-6-14-24(22)34(41-30)32(38)36-26-16-8-7-15-25(26)35(31)42-36/h1-18,40-41H. The van der Waals surface area contributed by atoms with E-state index in [1.807, 2.05) is 48.5 Å². The largest absolute Gasteiger partial charge is 0.353 e. The molecule has 0 fully saturated rings. The molecular weight excluding hydrogens is 559 g/mol. The number of fused-ring (bicyclic) bond motifs is 20. The summed E-state index contributed by atoms with van der Waals surface area (Å²) >= 11 is 14.6. The van der Waals surface area contributed by atoms with Crippen molar-refractivity contribution in [1.82, 2.24) is 19.9 Å². The van der Waals surface area contributed by atoms with Crippen molar-refractivity contribution in [3.63, 3.8) is 0 Å². The first-order valence-electron chi connectivity index (χ1n) is 13.7. The minimum absolute atomic E-state index is 0.538. The zero-order chi connectivity index (χ0) is 27.9. The van der Waals surface area contributed by atoms with Gasteiger partial charge in [-0.25, -0.2) is 9.97 Å². The molecule has 4 aromatic carbocycles. The van der Waals surface area contributed by atoms with Crippen molar-refractivity contribution < 1.29 is 0 Å². The van der Waals surface area contributed by atoms with Gasteiger partial charge in [0.1, 0.15) is 0 Å². The van der Waals surface area contributed by atoms with Gasteiger partial charge >= 0.3 is 0 Å². The van der Waals surface area contributed by atoms with E-state index in [0.717, 1.165) is 77.3 Å². The average Bonchev–Trinajstić information content (AvgIpc) is 3.79. The molecule has 7 aromatic rings. The molecule has 0 amide bonds. The van der Waals surface area contributed by atoms with Gasteiger partial charge in [-0.1, -0.05) is 120 Å². The third kappa shape index (κ3) is 3.31. The van der Waals surface area contributed by atoms with Crippen molar-refractivity contribution in [3.05, 3.63) is 119 Å². The maximum absolute atomic E-state index is 7.28. The Morgan fingerprint density at radius 1 is 0.429 bits per heavy atom. The normalized spacial score (nSPS) is 12.0. The fraction of sp³-hybridized carbons (Fsp3) is 0. The van der Waals surface area contributed by atoms with Crippen molar-refractivity contribution in [3.8, 4) is 45.0 Å². The molecule has 2 aliphatic rings. The number of nitrogens with one attached hydrogen (secondary N) is 2. The van der Waals surface area contributed by atoms with Crippen LogP contribution in [0.1, 0.15) is 0 Å². The van der Waals surface area contributed by atoms with E-state index in [1.54, 1.807) is 0 Å². The van der Waals surface area contributed by atoms with E-state index in [9.17, 15) is 0 Å². The fourth-order valence-corrected chi connectivity index (χ4v) is 6.94. The summed E-state index contributed by atoms with van der Waals surface area (Å²) in [5.74, 6) is 0. The van der Waals surface area contributed by atoms with E-state index in [0.29, 0.717) is 21.4 Å². The predicted octanol–water partition coefficient (Wildman–Crippen LogP) is 10.6. The van der Waals surface area contributed by atoms with E-state index >= 15 is 0 Å². The van der Waals surface area contributed by atoms with Gasteiger partial charge in [-0.15, -0.1) is 0 Å². The Bertz CT molecular complexity index is 2290. The van der Waals surface area contributed by atoms with Crippen molar-refractivity contribution in [2.75, 3.05) is 0 Å². The van der Waals surface area contributed by atoms with Crippen LogP contribution in [0.15, 0.2) is 109 Å². The summed E-state index contributed by atoms with van der Waals surface area (Å²) in [6.07, 6.45) is 0. The van der Waals surface area contributed by atoms with Crippen LogP contribution in [-0.2, 0) is 0 Å². The van der Waals surface area contributed by atoms with Crippen LogP contribution in [0.3, 0.4) is 0 Å². The minimum Gasteiger partial charge on any atom is -0.353 e. The molecule has 0 aliphatic carbocycles. The number of nitrogens with zero attached hydrogens (tertiary/aromatic N) is 2. The summed E-state index contributed by atoms with van der Waals surface area (Å²) in [5.41, 5.74) is 10.7. The molecule has 3 aromatic heterocycles. The predicted molar refractivity (Wildman–Crippen MR) is 175 cm³/mol. The van der Waals surface area contributed by atoms with Crippen LogP contribution in [0.5, 0.6) is 0 Å². The molecule has 5 heterocycles. The van der Waals surface area contributed by atoms with Crippen LogP contribution >= 0.6 is 23.2 Å². The highest BCUT2D eigenvalue weighted by Crippen LogP contribution is 2.45. The number of hydrogen-bond acceptors (Lipinski definition) is 2. The summed E-state index contributed by atoms with van der Waals surface area (Å²) in [6.45, 7) is 0. The lowest BCUT2D eigenvalue weighted by molar-refractivity contribution is 1.40. The second-order valence-corrected chi connectivity index (χ2v) is 11.4. The summed E-state index contributed by atoms with van der Waals surface area (Å²) in [6, 6.07) is 37.2. The van der Waals surface area contributed by atoms with Crippen molar-refractivity contribution in [2.24, 2.45) is 0 Å². The maximum atomic E-state index is 7.28. The molecule has 198 valence electrons. The summed E-state index contributed by atoms with van der Waals surface area (Å²) in [4.78, 5) is 17.5. The van der Waals surface area contributed by atoms with Crippen LogP contribution in [-0.4, -0.2) is 19.9 Å². The molecule has 0 spiro atoms. The molecule has 8 bridgehead atoms. The second-order valence-electron chi connectivity index (χ2n) is 10.6. The molecule has 4 nitrogen and oxygen atoms in total. The van der Waals surface area contributed by atoms with E-state index < -0.39 is 0 Å². The molecule has 6 heteroatoms. The van der Waals surface area contributed by atoms with Crippen LogP contribution in [0.25, 0.3) is 88.6 Å². The van der Waals surface area contributed by atoms with E-state index in [1.165, 1.54) is 0 Å². The van der Waals surface area contributed by atoms with Gasteiger partial charge in [-0.2, -0.15) is 0 Å². The zero-order valence-corrected chi connectivity index (χ0v) is 23.6. The summed E-state index contributed by atoms with van der Waals surface area (Å²) in [7, 11) is 0. The molecule has 0 atom stereocenters. The second kappa shape index (κ2) is 8.80. The monoisotopic (exact) mass is 578 g/mol. The van der Waals surface area contributed by atoms with Crippen molar-refractivity contribution >= 4 is 66.8 Å². The molecule has 2 N–H and O–H groups in total. The van der Waals surface area contributed by atoms with E-state index in [2.05, 4.69) is 70.6 Å². The van der Waals surface area contributed by atoms with Gasteiger partial charge in [0.25, 0.3) is 0 Å². The number of hydrogen-bond donors (Lipinski definition) is 2. The van der Waals surface area contributed by atoms with E-state index in [4.69, 9.17) is 33.2 Å². The smallest absolute Gasteiger partial charge is 0.0924 e. The highest BCUT2D eigenvalue weighted by atomic mass is 35.5. The molecule has 0 unspecified atom stereocenters. The molecular formula is C36H20Cl2N4.